The van der Waals surface area contributed by atoms with Gasteiger partial charge in [-0.2, -0.15) is 0 Å². The minimum Gasteiger partial charge on any atom is -0.481 e. The van der Waals surface area contributed by atoms with Crippen molar-refractivity contribution in [1.29, 1.82) is 0 Å². The van der Waals surface area contributed by atoms with Gasteiger partial charge in [0.2, 0.25) is 5.91 Å². The lowest BCUT2D eigenvalue weighted by Crippen LogP contribution is -2.13. The van der Waals surface area contributed by atoms with Crippen LogP contribution in [0.1, 0.15) is 12.8 Å². The highest BCUT2D eigenvalue weighted by Crippen LogP contribution is 2.23. The van der Waals surface area contributed by atoms with Gasteiger partial charge in [-0.05, 0) is 35.0 Å². The summed E-state index contributed by atoms with van der Waals surface area (Å²) in [6, 6.07) is 11.4. The number of rotatable bonds is 4. The third-order valence-electron chi connectivity index (χ3n) is 2.65. The summed E-state index contributed by atoms with van der Waals surface area (Å²) in [5.74, 6) is -1.27. The molecule has 1 amide bonds. The summed E-state index contributed by atoms with van der Waals surface area (Å²) in [6.07, 6.45) is -0.180. The molecular weight excluding hydrogens is 310 g/mol. The fourth-order valence-corrected chi connectivity index (χ4v) is 2.12. The normalized spacial score (nSPS) is 10.4. The number of carboxylic acids is 1. The van der Waals surface area contributed by atoms with Crippen LogP contribution < -0.4 is 5.32 Å². The van der Waals surface area contributed by atoms with Crippen molar-refractivity contribution in [3.8, 4) is 0 Å². The Balaban J connectivity index is 2.11. The van der Waals surface area contributed by atoms with E-state index in [0.717, 1.165) is 15.2 Å². The highest BCUT2D eigenvalue weighted by molar-refractivity contribution is 9.10. The maximum atomic E-state index is 11.5. The van der Waals surface area contributed by atoms with Gasteiger partial charge in [-0.1, -0.05) is 28.1 Å². The van der Waals surface area contributed by atoms with Crippen LogP contribution in [0, 0.1) is 0 Å². The maximum Gasteiger partial charge on any atom is 0.303 e. The van der Waals surface area contributed by atoms with Crippen molar-refractivity contribution in [2.24, 2.45) is 0 Å². The van der Waals surface area contributed by atoms with Crippen molar-refractivity contribution >= 4 is 44.3 Å². The largest absolute Gasteiger partial charge is 0.481 e. The number of hydrogen-bond donors (Lipinski definition) is 2. The highest BCUT2D eigenvalue weighted by Gasteiger charge is 2.06. The summed E-state index contributed by atoms with van der Waals surface area (Å²) in [5, 5.41) is 13.3. The predicted octanol–water partition coefficient (Wildman–Crippen LogP) is 3.41. The number of amides is 1. The number of halogens is 1. The molecule has 0 saturated heterocycles. The number of carbonyl (C=O) groups is 2. The zero-order chi connectivity index (χ0) is 13.8. The number of carbonyl (C=O) groups excluding carboxylic acids is 1. The van der Waals surface area contributed by atoms with Gasteiger partial charge in [-0.3, -0.25) is 9.59 Å². The molecule has 4 nitrogen and oxygen atoms in total. The number of fused-ring (bicyclic) bond motifs is 1. The molecule has 0 aliphatic carbocycles. The van der Waals surface area contributed by atoms with Gasteiger partial charge in [0.1, 0.15) is 0 Å². The highest BCUT2D eigenvalue weighted by atomic mass is 79.9. The molecule has 0 saturated carbocycles. The number of anilines is 1. The van der Waals surface area contributed by atoms with Crippen LogP contribution in [0.25, 0.3) is 10.8 Å². The lowest BCUT2D eigenvalue weighted by molar-refractivity contribution is -0.138. The van der Waals surface area contributed by atoms with Crippen LogP contribution in [0.5, 0.6) is 0 Å². The lowest BCUT2D eigenvalue weighted by Gasteiger charge is -2.06. The molecule has 2 rings (SSSR count). The van der Waals surface area contributed by atoms with Gasteiger partial charge >= 0.3 is 5.97 Å². The molecule has 0 aliphatic heterocycles. The van der Waals surface area contributed by atoms with Gasteiger partial charge in [-0.25, -0.2) is 0 Å². The Morgan fingerprint density at radius 2 is 1.74 bits per heavy atom. The zero-order valence-corrected chi connectivity index (χ0v) is 11.6. The van der Waals surface area contributed by atoms with Crippen molar-refractivity contribution in [3.05, 3.63) is 40.9 Å². The Labute approximate surface area is 118 Å². The second-order valence-electron chi connectivity index (χ2n) is 4.15. The summed E-state index contributed by atoms with van der Waals surface area (Å²) < 4.78 is 0.998. The molecule has 0 aliphatic rings. The van der Waals surface area contributed by atoms with E-state index in [-0.39, 0.29) is 18.7 Å². The van der Waals surface area contributed by atoms with Crippen molar-refractivity contribution in [3.63, 3.8) is 0 Å². The molecule has 0 radical (unpaired) electrons. The van der Waals surface area contributed by atoms with Crippen LogP contribution >= 0.6 is 15.9 Å². The smallest absolute Gasteiger partial charge is 0.303 e. The number of benzene rings is 2. The maximum absolute atomic E-state index is 11.5. The standard InChI is InChI=1S/C14H12BrNO3/c15-11-3-1-10-8-12(4-2-9(10)7-11)16-13(17)5-6-14(18)19/h1-4,7-8H,5-6H2,(H,16,17)(H,18,19). The molecule has 0 atom stereocenters. The summed E-state index contributed by atoms with van der Waals surface area (Å²) in [7, 11) is 0. The number of hydrogen-bond acceptors (Lipinski definition) is 2. The van der Waals surface area contributed by atoms with E-state index >= 15 is 0 Å². The van der Waals surface area contributed by atoms with Gasteiger partial charge in [0, 0.05) is 16.6 Å². The van der Waals surface area contributed by atoms with E-state index in [0.29, 0.717) is 5.69 Å². The molecule has 98 valence electrons. The van der Waals surface area contributed by atoms with Gasteiger partial charge in [0.15, 0.2) is 0 Å². The molecule has 0 bridgehead atoms. The Bertz CT molecular complexity index is 640. The Hall–Kier alpha value is -1.88. The first-order chi connectivity index (χ1) is 9.04. The van der Waals surface area contributed by atoms with E-state index < -0.39 is 5.97 Å². The minimum atomic E-state index is -0.974. The average Bonchev–Trinajstić information content (AvgIpc) is 2.36. The molecule has 2 aromatic rings. The molecule has 19 heavy (non-hydrogen) atoms. The van der Waals surface area contributed by atoms with Crippen molar-refractivity contribution in [2.75, 3.05) is 5.32 Å². The lowest BCUT2D eigenvalue weighted by atomic mass is 10.1. The number of nitrogens with one attached hydrogen (secondary N) is 1. The summed E-state index contributed by atoms with van der Waals surface area (Å²) in [5.41, 5.74) is 0.671. The second kappa shape index (κ2) is 5.84. The average molecular weight is 322 g/mol. The van der Waals surface area contributed by atoms with Gasteiger partial charge < -0.3 is 10.4 Å². The van der Waals surface area contributed by atoms with Gasteiger partial charge in [-0.15, -0.1) is 0 Å². The van der Waals surface area contributed by atoms with Crippen molar-refractivity contribution in [2.45, 2.75) is 12.8 Å². The molecule has 0 unspecified atom stereocenters. The Kier molecular flexibility index (Phi) is 4.16. The summed E-state index contributed by atoms with van der Waals surface area (Å²) in [4.78, 5) is 21.9. The molecular formula is C14H12BrNO3. The van der Waals surface area contributed by atoms with E-state index in [1.54, 1.807) is 6.07 Å². The monoisotopic (exact) mass is 321 g/mol. The summed E-state index contributed by atoms with van der Waals surface area (Å²) in [6.45, 7) is 0. The van der Waals surface area contributed by atoms with E-state index in [9.17, 15) is 9.59 Å². The molecule has 2 N–H and O–H groups in total. The molecule has 0 heterocycles. The third-order valence-corrected chi connectivity index (χ3v) is 3.15. The Morgan fingerprint density at radius 3 is 2.47 bits per heavy atom. The minimum absolute atomic E-state index is 0.0201. The van der Waals surface area contributed by atoms with Crippen LogP contribution in [-0.2, 0) is 9.59 Å². The first-order valence-corrected chi connectivity index (χ1v) is 6.55. The Morgan fingerprint density at radius 1 is 1.05 bits per heavy atom. The van der Waals surface area contributed by atoms with Gasteiger partial charge in [0.25, 0.3) is 0 Å². The van der Waals surface area contributed by atoms with Crippen LogP contribution in [0.15, 0.2) is 40.9 Å². The summed E-state index contributed by atoms with van der Waals surface area (Å²) >= 11 is 3.40. The topological polar surface area (TPSA) is 66.4 Å². The van der Waals surface area contributed by atoms with Crippen LogP contribution in [0.3, 0.4) is 0 Å². The van der Waals surface area contributed by atoms with E-state index in [4.69, 9.17) is 5.11 Å². The van der Waals surface area contributed by atoms with Crippen LogP contribution in [0.2, 0.25) is 0 Å². The van der Waals surface area contributed by atoms with Crippen molar-refractivity contribution < 1.29 is 14.7 Å². The van der Waals surface area contributed by atoms with Crippen LogP contribution in [0.4, 0.5) is 5.69 Å². The molecule has 0 fully saturated rings. The number of carboxylic acid groups (broad SMARTS) is 1. The van der Waals surface area contributed by atoms with Gasteiger partial charge in [0.05, 0.1) is 6.42 Å². The SMILES string of the molecule is O=C(O)CCC(=O)Nc1ccc2cc(Br)ccc2c1. The first-order valence-electron chi connectivity index (χ1n) is 5.75. The molecule has 0 spiro atoms. The zero-order valence-electron chi connectivity index (χ0n) is 10.0. The van der Waals surface area contributed by atoms with E-state index in [1.165, 1.54) is 0 Å². The second-order valence-corrected chi connectivity index (χ2v) is 5.06. The van der Waals surface area contributed by atoms with Crippen molar-refractivity contribution in [1.82, 2.24) is 0 Å². The van der Waals surface area contributed by atoms with E-state index in [1.807, 2.05) is 30.3 Å². The quantitative estimate of drug-likeness (QED) is 0.906. The predicted molar refractivity (Wildman–Crippen MR) is 77.1 cm³/mol. The molecule has 5 heteroatoms. The first kappa shape index (κ1) is 13.5. The fraction of sp³-hybridized carbons (Fsp3) is 0.143. The van der Waals surface area contributed by atoms with E-state index in [2.05, 4.69) is 21.2 Å². The molecule has 0 aromatic heterocycles. The number of aliphatic carboxylic acids is 1. The molecule has 2 aromatic carbocycles. The van der Waals surface area contributed by atoms with Crippen LogP contribution in [-0.4, -0.2) is 17.0 Å². The third kappa shape index (κ3) is 3.79. The fourth-order valence-electron chi connectivity index (χ4n) is 1.74.